The van der Waals surface area contributed by atoms with E-state index in [0.717, 1.165) is 0 Å². The summed E-state index contributed by atoms with van der Waals surface area (Å²) in [5, 5.41) is -0.230. The largest absolute Gasteiger partial charge is 0.113 e. The van der Waals surface area contributed by atoms with Gasteiger partial charge in [0.05, 0.1) is 10.8 Å². The summed E-state index contributed by atoms with van der Waals surface area (Å²) in [5.74, 6) is 0.195. The van der Waals surface area contributed by atoms with Gasteiger partial charge >= 0.3 is 0 Å². The van der Waals surface area contributed by atoms with E-state index >= 15 is 0 Å². The minimum atomic E-state index is -0.115. The van der Waals surface area contributed by atoms with Crippen LogP contribution < -0.4 is 0 Å². The monoisotopic (exact) mass is 426 g/mol. The molecule has 0 bridgehead atoms. The van der Waals surface area contributed by atoms with Gasteiger partial charge in [0, 0.05) is 5.92 Å². The van der Waals surface area contributed by atoms with Crippen molar-refractivity contribution in [1.29, 1.82) is 0 Å². The van der Waals surface area contributed by atoms with Crippen LogP contribution in [0.15, 0.2) is 84.9 Å². The van der Waals surface area contributed by atoms with Gasteiger partial charge in [0.25, 0.3) is 0 Å². The Morgan fingerprint density at radius 2 is 0.933 bits per heavy atom. The number of alkyl halides is 2. The summed E-state index contributed by atoms with van der Waals surface area (Å²) < 4.78 is 0. The molecule has 0 N–H and O–H groups in total. The lowest BCUT2D eigenvalue weighted by atomic mass is 9.84. The molecular formula is C28H20Cl2. The van der Waals surface area contributed by atoms with Crippen LogP contribution in [0, 0.1) is 0 Å². The van der Waals surface area contributed by atoms with E-state index in [2.05, 4.69) is 91.9 Å². The van der Waals surface area contributed by atoms with Gasteiger partial charge in [-0.2, -0.15) is 0 Å². The van der Waals surface area contributed by atoms with Crippen molar-refractivity contribution in [2.24, 2.45) is 0 Å². The summed E-state index contributed by atoms with van der Waals surface area (Å²) in [7, 11) is 0. The lowest BCUT2D eigenvalue weighted by molar-refractivity contribution is 0.883. The topological polar surface area (TPSA) is 0 Å². The Kier molecular flexibility index (Phi) is 4.10. The molecule has 0 amide bonds. The molecule has 0 radical (unpaired) electrons. The van der Waals surface area contributed by atoms with Crippen molar-refractivity contribution in [3.8, 4) is 22.3 Å². The molecule has 0 saturated carbocycles. The molecule has 0 aromatic heterocycles. The van der Waals surface area contributed by atoms with Gasteiger partial charge in [-0.3, -0.25) is 0 Å². The molecule has 0 saturated heterocycles. The highest BCUT2D eigenvalue weighted by Crippen LogP contribution is 2.53. The Morgan fingerprint density at radius 3 is 1.40 bits per heavy atom. The Balaban J connectivity index is 1.52. The molecule has 2 heteroatoms. The van der Waals surface area contributed by atoms with Gasteiger partial charge in [-0.05, 0) is 55.6 Å². The van der Waals surface area contributed by atoms with Crippen LogP contribution in [0.2, 0.25) is 0 Å². The fourth-order valence-electron chi connectivity index (χ4n) is 5.36. The van der Waals surface area contributed by atoms with Gasteiger partial charge in [-0.1, -0.05) is 91.9 Å². The van der Waals surface area contributed by atoms with Crippen LogP contribution in [0.5, 0.6) is 0 Å². The Labute approximate surface area is 187 Å². The third-order valence-corrected chi connectivity index (χ3v) is 7.67. The van der Waals surface area contributed by atoms with Gasteiger partial charge in [0.2, 0.25) is 0 Å². The third-order valence-electron chi connectivity index (χ3n) is 6.77. The molecule has 2 aliphatic carbocycles. The molecule has 6 rings (SSSR count). The number of hydrogen-bond acceptors (Lipinski definition) is 0. The van der Waals surface area contributed by atoms with Crippen LogP contribution in [0.25, 0.3) is 22.3 Å². The predicted octanol–water partition coefficient (Wildman–Crippen LogP) is 8.46. The van der Waals surface area contributed by atoms with Crippen LogP contribution >= 0.6 is 23.2 Å². The molecule has 0 nitrogen and oxygen atoms in total. The van der Waals surface area contributed by atoms with E-state index < -0.39 is 0 Å². The van der Waals surface area contributed by atoms with Gasteiger partial charge in [-0.25, -0.2) is 0 Å². The van der Waals surface area contributed by atoms with Crippen LogP contribution in [-0.4, -0.2) is 0 Å². The second kappa shape index (κ2) is 6.74. The van der Waals surface area contributed by atoms with Crippen molar-refractivity contribution in [2.45, 2.75) is 23.6 Å². The maximum Gasteiger partial charge on any atom is 0.0850 e. The average molecular weight is 427 g/mol. The third kappa shape index (κ3) is 2.41. The van der Waals surface area contributed by atoms with Crippen molar-refractivity contribution in [1.82, 2.24) is 0 Å². The average Bonchev–Trinajstić information content (AvgIpc) is 3.26. The van der Waals surface area contributed by atoms with Crippen molar-refractivity contribution < 1.29 is 0 Å². The fraction of sp³-hybridized carbons (Fsp3) is 0.143. The number of fused-ring (bicyclic) bond motifs is 6. The normalized spacial score (nSPS) is 19.0. The van der Waals surface area contributed by atoms with Crippen LogP contribution in [0.3, 0.4) is 0 Å². The molecule has 2 atom stereocenters. The van der Waals surface area contributed by atoms with Gasteiger partial charge < -0.3 is 0 Å². The molecule has 146 valence electrons. The molecule has 2 unspecified atom stereocenters. The van der Waals surface area contributed by atoms with E-state index in [9.17, 15) is 0 Å². The standard InChI is InChI=1S/C28H20Cl2/c1-16(17-12-6-14-21-19-8-2-4-10-23(19)27(29)25(17)21)18-13-7-15-22-20-9-3-5-11-24(20)28(30)26(18)22/h2-16,27-28H,1H3. The predicted molar refractivity (Wildman–Crippen MR) is 127 cm³/mol. The molecule has 4 aromatic carbocycles. The zero-order valence-corrected chi connectivity index (χ0v) is 18.1. The van der Waals surface area contributed by atoms with Crippen molar-refractivity contribution >= 4 is 23.2 Å². The molecule has 0 heterocycles. The van der Waals surface area contributed by atoms with Crippen LogP contribution in [-0.2, 0) is 0 Å². The van der Waals surface area contributed by atoms with Crippen LogP contribution in [0.4, 0.5) is 0 Å². The highest BCUT2D eigenvalue weighted by molar-refractivity contribution is 6.25. The Bertz CT molecular complexity index is 1200. The maximum absolute atomic E-state index is 7.00. The van der Waals surface area contributed by atoms with E-state index in [4.69, 9.17) is 23.2 Å². The van der Waals surface area contributed by atoms with E-state index in [1.807, 2.05) is 0 Å². The SMILES string of the molecule is CC(c1cccc2c1C(Cl)c1ccccc1-2)c1cccc2c1C(Cl)c1ccccc1-2. The molecular weight excluding hydrogens is 407 g/mol. The molecule has 2 aliphatic rings. The first-order valence-electron chi connectivity index (χ1n) is 10.4. The number of benzene rings is 4. The maximum atomic E-state index is 7.00. The highest BCUT2D eigenvalue weighted by Gasteiger charge is 2.34. The molecule has 0 fully saturated rings. The van der Waals surface area contributed by atoms with Gasteiger partial charge in [0.15, 0.2) is 0 Å². The second-order valence-corrected chi connectivity index (χ2v) is 9.11. The van der Waals surface area contributed by atoms with Crippen molar-refractivity contribution in [3.63, 3.8) is 0 Å². The zero-order valence-electron chi connectivity index (χ0n) is 16.6. The first-order valence-corrected chi connectivity index (χ1v) is 11.3. The summed E-state index contributed by atoms with van der Waals surface area (Å²) in [6.07, 6.45) is 0. The fourth-order valence-corrected chi connectivity index (χ4v) is 6.23. The van der Waals surface area contributed by atoms with E-state index in [-0.39, 0.29) is 16.7 Å². The minimum Gasteiger partial charge on any atom is -0.113 e. The summed E-state index contributed by atoms with van der Waals surface area (Å²) in [6.45, 7) is 2.28. The number of halogens is 2. The Hall–Kier alpha value is -2.54. The molecule has 0 spiro atoms. The van der Waals surface area contributed by atoms with Gasteiger partial charge in [-0.15, -0.1) is 23.2 Å². The van der Waals surface area contributed by atoms with E-state index in [1.54, 1.807) is 0 Å². The van der Waals surface area contributed by atoms with Crippen molar-refractivity contribution in [2.75, 3.05) is 0 Å². The molecule has 30 heavy (non-hydrogen) atoms. The van der Waals surface area contributed by atoms with Crippen LogP contribution in [0.1, 0.15) is 57.0 Å². The number of rotatable bonds is 2. The van der Waals surface area contributed by atoms with Crippen molar-refractivity contribution in [3.05, 3.63) is 118 Å². The number of hydrogen-bond donors (Lipinski definition) is 0. The Morgan fingerprint density at radius 1 is 0.533 bits per heavy atom. The highest BCUT2D eigenvalue weighted by atomic mass is 35.5. The molecule has 4 aromatic rings. The summed E-state index contributed by atoms with van der Waals surface area (Å²) in [5.41, 5.74) is 12.5. The minimum absolute atomic E-state index is 0.115. The van der Waals surface area contributed by atoms with E-state index in [1.165, 1.54) is 55.6 Å². The second-order valence-electron chi connectivity index (χ2n) is 8.24. The first-order chi connectivity index (χ1) is 14.7. The zero-order chi connectivity index (χ0) is 20.4. The summed E-state index contributed by atoms with van der Waals surface area (Å²) in [4.78, 5) is 0. The lowest BCUT2D eigenvalue weighted by Crippen LogP contribution is -2.05. The smallest absolute Gasteiger partial charge is 0.0850 e. The quantitative estimate of drug-likeness (QED) is 0.282. The summed E-state index contributed by atoms with van der Waals surface area (Å²) in [6, 6.07) is 30.1. The summed E-state index contributed by atoms with van der Waals surface area (Å²) >= 11 is 14.0. The lowest BCUT2D eigenvalue weighted by Gasteiger charge is -2.22. The van der Waals surface area contributed by atoms with Gasteiger partial charge in [0.1, 0.15) is 0 Å². The molecule has 0 aliphatic heterocycles. The first kappa shape index (κ1) is 18.2. The van der Waals surface area contributed by atoms with E-state index in [0.29, 0.717) is 0 Å².